The summed E-state index contributed by atoms with van der Waals surface area (Å²) in [6, 6.07) is 12.2. The van der Waals surface area contributed by atoms with E-state index in [0.29, 0.717) is 42.5 Å². The van der Waals surface area contributed by atoms with Crippen molar-refractivity contribution < 1.29 is 39.9 Å². The van der Waals surface area contributed by atoms with Crippen LogP contribution in [0.15, 0.2) is 59.8 Å². The summed E-state index contributed by atoms with van der Waals surface area (Å²) in [4.78, 5) is 43.1. The number of carboxylic acids is 1. The van der Waals surface area contributed by atoms with Gasteiger partial charge in [0.1, 0.15) is 5.75 Å². The number of allylic oxidation sites excluding steroid dienone is 1. The molecule has 0 bridgehead atoms. The van der Waals surface area contributed by atoms with Crippen LogP contribution in [0.1, 0.15) is 56.2 Å². The van der Waals surface area contributed by atoms with Crippen molar-refractivity contribution in [1.29, 1.82) is 0 Å². The van der Waals surface area contributed by atoms with Crippen LogP contribution in [-0.2, 0) is 14.4 Å². The van der Waals surface area contributed by atoms with Crippen molar-refractivity contribution in [1.82, 2.24) is 9.88 Å². The van der Waals surface area contributed by atoms with Crippen LogP contribution in [0.5, 0.6) is 5.75 Å². The van der Waals surface area contributed by atoms with Gasteiger partial charge in [-0.15, -0.1) is 0 Å². The Morgan fingerprint density at radius 3 is 2.43 bits per heavy atom. The largest absolute Gasteiger partial charge is 0.508 e. The summed E-state index contributed by atoms with van der Waals surface area (Å²) in [6.45, 7) is -0.692. The Kier molecular flexibility index (Phi) is 10.6. The Balaban J connectivity index is 1.52. The molecule has 1 fully saturated rings. The molecule has 2 aromatic rings. The normalized spacial score (nSPS) is 21.5. The monoisotopic (exact) mass is 578 g/mol. The molecular formula is C32H38N2O8. The highest BCUT2D eigenvalue weighted by Crippen LogP contribution is 2.46. The Morgan fingerprint density at radius 2 is 1.79 bits per heavy atom. The molecule has 1 aromatic heterocycles. The first-order valence-corrected chi connectivity index (χ1v) is 14.3. The standard InChI is InChI=1S/C32H38N2O8/c35-18-22-17-24-30(32(42)34(31(24)41)15-5-1-2-7-28(39)40)25(19-36)29(22)27(38)13-10-21(26-6-3-4-14-33-26)16-20-8-11-23(37)12-9-20/h3-4,6,8-9,11-12,14,16,24-25,27,30,35-38H,1-2,5,7,10,13,15,17-19H2,(H,39,40)/b21-16-/t24-,25+,27-,30-/m1/s1. The van der Waals surface area contributed by atoms with Crippen LogP contribution in [0.25, 0.3) is 11.6 Å². The lowest BCUT2D eigenvalue weighted by Gasteiger charge is -2.36. The van der Waals surface area contributed by atoms with E-state index >= 15 is 0 Å². The summed E-state index contributed by atoms with van der Waals surface area (Å²) in [5.41, 5.74) is 3.27. The molecule has 0 saturated carbocycles. The number of aliphatic hydroxyl groups excluding tert-OH is 3. The van der Waals surface area contributed by atoms with E-state index in [1.54, 1.807) is 36.5 Å². The van der Waals surface area contributed by atoms with E-state index in [4.69, 9.17) is 5.11 Å². The molecule has 0 radical (unpaired) electrons. The highest BCUT2D eigenvalue weighted by molar-refractivity contribution is 6.05. The van der Waals surface area contributed by atoms with E-state index in [-0.39, 0.29) is 37.5 Å². The van der Waals surface area contributed by atoms with Gasteiger partial charge in [0, 0.05) is 25.1 Å². The number of rotatable bonds is 14. The minimum absolute atomic E-state index is 0.0247. The zero-order valence-corrected chi connectivity index (χ0v) is 23.4. The lowest BCUT2D eigenvalue weighted by atomic mass is 9.68. The molecule has 0 spiro atoms. The van der Waals surface area contributed by atoms with Crippen molar-refractivity contribution in [3.05, 3.63) is 71.1 Å². The first-order chi connectivity index (χ1) is 20.2. The topological polar surface area (TPSA) is 168 Å². The predicted molar refractivity (Wildman–Crippen MR) is 155 cm³/mol. The Labute approximate surface area is 244 Å². The highest BCUT2D eigenvalue weighted by Gasteiger charge is 2.54. The van der Waals surface area contributed by atoms with Crippen LogP contribution >= 0.6 is 0 Å². The first kappa shape index (κ1) is 31.1. The number of carbonyl (C=O) groups excluding carboxylic acids is 2. The van der Waals surface area contributed by atoms with Crippen LogP contribution < -0.4 is 0 Å². The number of carbonyl (C=O) groups is 3. The van der Waals surface area contributed by atoms with Crippen molar-refractivity contribution in [2.24, 2.45) is 17.8 Å². The van der Waals surface area contributed by atoms with Gasteiger partial charge in [0.25, 0.3) is 0 Å². The van der Waals surface area contributed by atoms with Crippen molar-refractivity contribution in [3.8, 4) is 5.75 Å². The summed E-state index contributed by atoms with van der Waals surface area (Å²) in [5, 5.41) is 50.6. The van der Waals surface area contributed by atoms with E-state index < -0.39 is 48.9 Å². The molecule has 0 unspecified atom stereocenters. The van der Waals surface area contributed by atoms with Crippen molar-refractivity contribution in [2.75, 3.05) is 19.8 Å². The Morgan fingerprint density at radius 1 is 1.02 bits per heavy atom. The number of hydrogen-bond donors (Lipinski definition) is 5. The molecule has 4 atom stereocenters. The summed E-state index contributed by atoms with van der Waals surface area (Å²) in [5.74, 6) is -3.85. The first-order valence-electron chi connectivity index (χ1n) is 14.3. The lowest BCUT2D eigenvalue weighted by molar-refractivity contribution is -0.141. The number of likely N-dealkylation sites (tertiary alicyclic amines) is 1. The fourth-order valence-electron chi connectivity index (χ4n) is 6.16. The number of aliphatic carboxylic acids is 1. The Bertz CT molecular complexity index is 1320. The molecule has 1 aliphatic heterocycles. The summed E-state index contributed by atoms with van der Waals surface area (Å²) in [6.07, 6.45) is 4.77. The van der Waals surface area contributed by atoms with Crippen LogP contribution in [0.3, 0.4) is 0 Å². The van der Waals surface area contributed by atoms with Gasteiger partial charge in [-0.25, -0.2) is 0 Å². The second kappa shape index (κ2) is 14.4. The summed E-state index contributed by atoms with van der Waals surface area (Å²) >= 11 is 0. The van der Waals surface area contributed by atoms with E-state index in [2.05, 4.69) is 4.98 Å². The third-order valence-corrected chi connectivity index (χ3v) is 8.21. The second-order valence-corrected chi connectivity index (χ2v) is 10.9. The van der Waals surface area contributed by atoms with Gasteiger partial charge in [0.2, 0.25) is 11.8 Å². The summed E-state index contributed by atoms with van der Waals surface area (Å²) < 4.78 is 0. The zero-order chi connectivity index (χ0) is 30.2. The van der Waals surface area contributed by atoms with Gasteiger partial charge in [-0.05, 0) is 84.7 Å². The molecule has 10 heteroatoms. The quantitative estimate of drug-likeness (QED) is 0.129. The number of hydrogen-bond acceptors (Lipinski definition) is 8. The molecule has 1 saturated heterocycles. The lowest BCUT2D eigenvalue weighted by Crippen LogP contribution is -2.39. The fraction of sp³-hybridized carbons (Fsp3) is 0.438. The molecule has 1 aliphatic carbocycles. The third-order valence-electron chi connectivity index (χ3n) is 8.21. The van der Waals surface area contributed by atoms with E-state index in [1.165, 1.54) is 4.90 Å². The van der Waals surface area contributed by atoms with Crippen LogP contribution in [-0.4, -0.2) is 79.1 Å². The maximum atomic E-state index is 13.4. The molecule has 2 heterocycles. The minimum atomic E-state index is -1.08. The average Bonchev–Trinajstić information content (AvgIpc) is 3.23. The number of fused-ring (bicyclic) bond motifs is 1. The van der Waals surface area contributed by atoms with Gasteiger partial charge < -0.3 is 25.5 Å². The van der Waals surface area contributed by atoms with Crippen LogP contribution in [0, 0.1) is 17.8 Å². The number of phenols is 1. The zero-order valence-electron chi connectivity index (χ0n) is 23.4. The maximum absolute atomic E-state index is 13.4. The van der Waals surface area contributed by atoms with Gasteiger partial charge in [0.05, 0.1) is 36.8 Å². The average molecular weight is 579 g/mol. The number of aliphatic hydroxyl groups is 3. The molecule has 2 aliphatic rings. The predicted octanol–water partition coefficient (Wildman–Crippen LogP) is 3.02. The number of carboxylic acid groups (broad SMARTS) is 1. The molecular weight excluding hydrogens is 540 g/mol. The van der Waals surface area contributed by atoms with Gasteiger partial charge in [-0.1, -0.05) is 24.6 Å². The number of aromatic nitrogens is 1. The minimum Gasteiger partial charge on any atom is -0.508 e. The third kappa shape index (κ3) is 7.13. The van der Waals surface area contributed by atoms with E-state index in [9.17, 15) is 34.8 Å². The number of nitrogens with zero attached hydrogens (tertiary/aromatic N) is 2. The number of unbranched alkanes of at least 4 members (excludes halogenated alkanes) is 2. The van der Waals surface area contributed by atoms with Crippen molar-refractivity contribution in [2.45, 2.75) is 51.0 Å². The number of aromatic hydroxyl groups is 1. The SMILES string of the molecule is O=C(O)CCCCCN1C(=O)[C@@H]2[C@@H](CC(CO)=C([C@H](O)CC/C(=C/c3ccc(O)cc3)c3ccccn3)[C@@H]2CO)C1=O. The van der Waals surface area contributed by atoms with Gasteiger partial charge >= 0.3 is 5.97 Å². The highest BCUT2D eigenvalue weighted by atomic mass is 16.4. The van der Waals surface area contributed by atoms with Gasteiger partial charge in [-0.2, -0.15) is 0 Å². The van der Waals surface area contributed by atoms with Crippen molar-refractivity contribution >= 4 is 29.4 Å². The second-order valence-electron chi connectivity index (χ2n) is 10.9. The molecule has 1 aromatic carbocycles. The molecule has 42 heavy (non-hydrogen) atoms. The van der Waals surface area contributed by atoms with Crippen LogP contribution in [0.4, 0.5) is 0 Å². The molecule has 2 amide bonds. The van der Waals surface area contributed by atoms with Gasteiger partial charge in [0.15, 0.2) is 0 Å². The number of amides is 2. The number of benzene rings is 1. The van der Waals surface area contributed by atoms with Gasteiger partial charge in [-0.3, -0.25) is 24.3 Å². The van der Waals surface area contributed by atoms with Crippen molar-refractivity contribution in [3.63, 3.8) is 0 Å². The van der Waals surface area contributed by atoms with E-state index in [1.807, 2.05) is 18.2 Å². The summed E-state index contributed by atoms with van der Waals surface area (Å²) in [7, 11) is 0. The smallest absolute Gasteiger partial charge is 0.303 e. The number of imide groups is 1. The fourth-order valence-corrected chi connectivity index (χ4v) is 6.16. The Hall–Kier alpha value is -3.86. The number of phenolic OH excluding ortho intramolecular Hbond substituents is 1. The molecule has 4 rings (SSSR count). The van der Waals surface area contributed by atoms with Crippen LogP contribution in [0.2, 0.25) is 0 Å². The molecule has 5 N–H and O–H groups in total. The maximum Gasteiger partial charge on any atom is 0.303 e. The molecule has 224 valence electrons. The van der Waals surface area contributed by atoms with E-state index in [0.717, 1.165) is 11.1 Å². The molecule has 10 nitrogen and oxygen atoms in total. The number of pyridine rings is 1.